The van der Waals surface area contributed by atoms with E-state index in [0.717, 1.165) is 30.5 Å². The number of halogens is 2. The van der Waals surface area contributed by atoms with Crippen LogP contribution in [0.4, 0.5) is 4.39 Å². The zero-order valence-electron chi connectivity index (χ0n) is 17.8. The van der Waals surface area contributed by atoms with Gasteiger partial charge in [-0.1, -0.05) is 50.1 Å². The number of piperidine rings is 1. The number of likely N-dealkylation sites (tertiary alicyclic amines) is 1. The highest BCUT2D eigenvalue weighted by Gasteiger charge is 2.25. The van der Waals surface area contributed by atoms with E-state index in [9.17, 15) is 4.39 Å². The lowest BCUT2D eigenvalue weighted by Crippen LogP contribution is -2.32. The van der Waals surface area contributed by atoms with Gasteiger partial charge in [-0.3, -0.25) is 0 Å². The molecule has 30 heavy (non-hydrogen) atoms. The van der Waals surface area contributed by atoms with Gasteiger partial charge >= 0.3 is 0 Å². The standard InChI is InChI=1S/C26H30ClFN2/c1-3-5-25-26(20-12-14-30(4-2)15-13-20)22-16-18(6-11-24(22)29-25)17-23(27)19-7-9-21(28)10-8-19/h6-11,16-17,20,29H,3-5,12-15H2,1-2H3. The summed E-state index contributed by atoms with van der Waals surface area (Å²) in [6, 6.07) is 12.9. The molecule has 0 atom stereocenters. The average molecular weight is 425 g/mol. The van der Waals surface area contributed by atoms with Crippen LogP contribution in [0.3, 0.4) is 0 Å². The van der Waals surface area contributed by atoms with E-state index in [1.54, 1.807) is 12.1 Å². The second kappa shape index (κ2) is 9.36. The number of H-pyrrole nitrogens is 1. The molecule has 4 rings (SSSR count). The number of fused-ring (bicyclic) bond motifs is 1. The van der Waals surface area contributed by atoms with Gasteiger partial charge in [-0.2, -0.15) is 0 Å². The van der Waals surface area contributed by atoms with Crippen molar-refractivity contribution in [3.8, 4) is 0 Å². The lowest BCUT2D eigenvalue weighted by atomic mass is 9.86. The summed E-state index contributed by atoms with van der Waals surface area (Å²) in [6.45, 7) is 7.98. The molecule has 1 saturated heterocycles. The molecule has 0 amide bonds. The largest absolute Gasteiger partial charge is 0.358 e. The molecule has 1 N–H and O–H groups in total. The molecule has 4 heteroatoms. The van der Waals surface area contributed by atoms with Crippen LogP contribution in [0.25, 0.3) is 22.0 Å². The van der Waals surface area contributed by atoms with Crippen LogP contribution in [0.2, 0.25) is 0 Å². The summed E-state index contributed by atoms with van der Waals surface area (Å²) in [5.74, 6) is 0.356. The normalized spacial score (nSPS) is 16.5. The molecule has 158 valence electrons. The van der Waals surface area contributed by atoms with Crippen molar-refractivity contribution >= 4 is 33.6 Å². The second-order valence-electron chi connectivity index (χ2n) is 8.28. The summed E-state index contributed by atoms with van der Waals surface area (Å²) in [7, 11) is 0. The predicted molar refractivity (Wildman–Crippen MR) is 127 cm³/mol. The highest BCUT2D eigenvalue weighted by atomic mass is 35.5. The smallest absolute Gasteiger partial charge is 0.123 e. The Hall–Kier alpha value is -2.10. The Labute approximate surface area is 183 Å². The predicted octanol–water partition coefficient (Wildman–Crippen LogP) is 7.20. The molecule has 1 aliphatic heterocycles. The molecule has 0 bridgehead atoms. The van der Waals surface area contributed by atoms with Crippen molar-refractivity contribution in [3.05, 3.63) is 70.7 Å². The topological polar surface area (TPSA) is 19.0 Å². The number of benzene rings is 2. The number of nitrogens with one attached hydrogen (secondary N) is 1. The molecule has 0 aliphatic carbocycles. The van der Waals surface area contributed by atoms with Gasteiger partial charge in [0.05, 0.1) is 0 Å². The van der Waals surface area contributed by atoms with Crippen molar-refractivity contribution < 1.29 is 4.39 Å². The zero-order valence-corrected chi connectivity index (χ0v) is 18.6. The van der Waals surface area contributed by atoms with E-state index in [2.05, 4.69) is 41.9 Å². The van der Waals surface area contributed by atoms with Crippen LogP contribution in [0.5, 0.6) is 0 Å². The molecular formula is C26H30ClFN2. The van der Waals surface area contributed by atoms with Crippen LogP contribution >= 0.6 is 11.6 Å². The highest BCUT2D eigenvalue weighted by molar-refractivity contribution is 6.51. The van der Waals surface area contributed by atoms with Crippen molar-refractivity contribution in [1.29, 1.82) is 0 Å². The monoisotopic (exact) mass is 424 g/mol. The molecule has 3 aromatic rings. The van der Waals surface area contributed by atoms with E-state index in [1.165, 1.54) is 60.2 Å². The fraction of sp³-hybridized carbons (Fsp3) is 0.385. The van der Waals surface area contributed by atoms with Gasteiger partial charge in [-0.15, -0.1) is 0 Å². The van der Waals surface area contributed by atoms with Gasteiger partial charge in [-0.05, 0) is 91.8 Å². The van der Waals surface area contributed by atoms with Crippen molar-refractivity contribution in [2.75, 3.05) is 19.6 Å². The first-order valence-corrected chi connectivity index (χ1v) is 11.5. The average Bonchev–Trinajstić information content (AvgIpc) is 3.11. The first kappa shape index (κ1) is 21.1. The number of aromatic nitrogens is 1. The van der Waals surface area contributed by atoms with E-state index in [0.29, 0.717) is 11.0 Å². The summed E-state index contributed by atoms with van der Waals surface area (Å²) in [4.78, 5) is 6.24. The third-order valence-corrected chi connectivity index (χ3v) is 6.63. The van der Waals surface area contributed by atoms with Crippen LogP contribution < -0.4 is 0 Å². The Balaban J connectivity index is 1.70. The molecule has 0 radical (unpaired) electrons. The van der Waals surface area contributed by atoms with Gasteiger partial charge in [-0.25, -0.2) is 4.39 Å². The summed E-state index contributed by atoms with van der Waals surface area (Å²) >= 11 is 6.55. The van der Waals surface area contributed by atoms with E-state index in [1.807, 2.05) is 6.08 Å². The third kappa shape index (κ3) is 4.48. The Kier molecular flexibility index (Phi) is 6.60. The van der Waals surface area contributed by atoms with Crippen LogP contribution in [-0.4, -0.2) is 29.5 Å². The van der Waals surface area contributed by atoms with Gasteiger partial charge in [0.25, 0.3) is 0 Å². The third-order valence-electron chi connectivity index (χ3n) is 6.30. The fourth-order valence-electron chi connectivity index (χ4n) is 4.67. The van der Waals surface area contributed by atoms with Crippen LogP contribution in [0.1, 0.15) is 61.4 Å². The summed E-state index contributed by atoms with van der Waals surface area (Å²) in [5.41, 5.74) is 6.02. The van der Waals surface area contributed by atoms with Gasteiger partial charge in [0.15, 0.2) is 0 Å². The maximum absolute atomic E-state index is 13.2. The maximum Gasteiger partial charge on any atom is 0.123 e. The van der Waals surface area contributed by atoms with Gasteiger partial charge in [0.1, 0.15) is 5.82 Å². The van der Waals surface area contributed by atoms with E-state index >= 15 is 0 Å². The molecule has 1 aliphatic rings. The maximum atomic E-state index is 13.2. The Morgan fingerprint density at radius 1 is 1.13 bits per heavy atom. The van der Waals surface area contributed by atoms with E-state index in [-0.39, 0.29) is 5.82 Å². The number of aryl methyl sites for hydroxylation is 1. The Bertz CT molecular complexity index is 1030. The first-order chi connectivity index (χ1) is 14.6. The first-order valence-electron chi connectivity index (χ1n) is 11.1. The molecule has 2 heterocycles. The van der Waals surface area contributed by atoms with Crippen LogP contribution in [0, 0.1) is 5.82 Å². The van der Waals surface area contributed by atoms with Crippen LogP contribution in [0.15, 0.2) is 42.5 Å². The van der Waals surface area contributed by atoms with E-state index in [4.69, 9.17) is 11.6 Å². The number of aromatic amines is 1. The SMILES string of the molecule is CCCc1[nH]c2ccc(C=C(Cl)c3ccc(F)cc3)cc2c1C1CCN(CC)CC1. The fourth-order valence-corrected chi connectivity index (χ4v) is 4.92. The molecule has 2 nitrogen and oxygen atoms in total. The molecule has 1 fully saturated rings. The minimum atomic E-state index is -0.251. The van der Waals surface area contributed by atoms with Crippen molar-refractivity contribution in [1.82, 2.24) is 9.88 Å². The molecule has 1 aromatic heterocycles. The summed E-state index contributed by atoms with van der Waals surface area (Å²) in [5, 5.41) is 1.95. The number of hydrogen-bond acceptors (Lipinski definition) is 1. The lowest BCUT2D eigenvalue weighted by Gasteiger charge is -2.31. The number of hydrogen-bond donors (Lipinski definition) is 1. The Morgan fingerprint density at radius 3 is 2.53 bits per heavy atom. The molecule has 0 unspecified atom stereocenters. The zero-order chi connectivity index (χ0) is 21.1. The van der Waals surface area contributed by atoms with Crippen molar-refractivity contribution in [2.45, 2.75) is 45.4 Å². The van der Waals surface area contributed by atoms with Crippen molar-refractivity contribution in [3.63, 3.8) is 0 Å². The van der Waals surface area contributed by atoms with Gasteiger partial charge in [0.2, 0.25) is 0 Å². The lowest BCUT2D eigenvalue weighted by molar-refractivity contribution is 0.222. The van der Waals surface area contributed by atoms with E-state index < -0.39 is 0 Å². The minimum absolute atomic E-state index is 0.251. The van der Waals surface area contributed by atoms with Crippen LogP contribution in [-0.2, 0) is 6.42 Å². The second-order valence-corrected chi connectivity index (χ2v) is 8.69. The minimum Gasteiger partial charge on any atom is -0.358 e. The molecule has 0 saturated carbocycles. The summed E-state index contributed by atoms with van der Waals surface area (Å²) < 4.78 is 13.2. The number of rotatable bonds is 6. The summed E-state index contributed by atoms with van der Waals surface area (Å²) in [6.07, 6.45) is 6.63. The Morgan fingerprint density at radius 2 is 1.87 bits per heavy atom. The molecular weight excluding hydrogens is 395 g/mol. The number of nitrogens with zero attached hydrogens (tertiary/aromatic N) is 1. The quantitative estimate of drug-likeness (QED) is 0.414. The molecule has 2 aromatic carbocycles. The highest BCUT2D eigenvalue weighted by Crippen LogP contribution is 2.37. The van der Waals surface area contributed by atoms with Gasteiger partial charge < -0.3 is 9.88 Å². The molecule has 0 spiro atoms. The van der Waals surface area contributed by atoms with Gasteiger partial charge in [0, 0.05) is 21.6 Å². The van der Waals surface area contributed by atoms with Crippen molar-refractivity contribution in [2.24, 2.45) is 0 Å².